The van der Waals surface area contributed by atoms with E-state index in [2.05, 4.69) is 0 Å². The second kappa shape index (κ2) is 4.52. The highest BCUT2D eigenvalue weighted by Crippen LogP contribution is 2.26. The summed E-state index contributed by atoms with van der Waals surface area (Å²) in [5.74, 6) is -0.839. The van der Waals surface area contributed by atoms with E-state index in [1.807, 2.05) is 41.5 Å². The Hall–Kier alpha value is -0.570. The van der Waals surface area contributed by atoms with Crippen molar-refractivity contribution in [1.82, 2.24) is 0 Å². The highest BCUT2D eigenvalue weighted by atomic mass is 16.6. The van der Waals surface area contributed by atoms with Crippen LogP contribution in [0, 0.1) is 11.3 Å². The third-order valence-electron chi connectivity index (χ3n) is 2.14. The highest BCUT2D eigenvalue weighted by Gasteiger charge is 2.34. The van der Waals surface area contributed by atoms with Crippen molar-refractivity contribution in [2.45, 2.75) is 60.2 Å². The van der Waals surface area contributed by atoms with Gasteiger partial charge in [0.1, 0.15) is 5.60 Å². The van der Waals surface area contributed by atoms with Gasteiger partial charge >= 0.3 is 5.97 Å². The first-order chi connectivity index (χ1) is 6.45. The molecule has 0 unspecified atom stereocenters. The summed E-state index contributed by atoms with van der Waals surface area (Å²) in [4.78, 5) is 11.7. The van der Waals surface area contributed by atoms with Gasteiger partial charge in [-0.1, -0.05) is 20.8 Å². The van der Waals surface area contributed by atoms with Crippen molar-refractivity contribution in [3.63, 3.8) is 0 Å². The highest BCUT2D eigenvalue weighted by molar-refractivity contribution is 5.73. The summed E-state index contributed by atoms with van der Waals surface area (Å²) >= 11 is 0. The Balaban J connectivity index is 4.46. The van der Waals surface area contributed by atoms with E-state index in [-0.39, 0.29) is 11.4 Å². The van der Waals surface area contributed by atoms with E-state index < -0.39 is 17.6 Å². The number of esters is 1. The molecule has 0 aliphatic rings. The summed E-state index contributed by atoms with van der Waals surface area (Å²) in [6.45, 7) is 12.9. The summed E-state index contributed by atoms with van der Waals surface area (Å²) in [5, 5.41) is 9.92. The van der Waals surface area contributed by atoms with Crippen molar-refractivity contribution in [2.24, 2.45) is 11.3 Å². The minimum atomic E-state index is -0.688. The van der Waals surface area contributed by atoms with Crippen LogP contribution in [0.1, 0.15) is 48.5 Å². The van der Waals surface area contributed by atoms with E-state index in [4.69, 9.17) is 4.74 Å². The third kappa shape index (κ3) is 5.17. The lowest BCUT2D eigenvalue weighted by Crippen LogP contribution is -2.39. The summed E-state index contributed by atoms with van der Waals surface area (Å²) < 4.78 is 5.22. The lowest BCUT2D eigenvalue weighted by atomic mass is 9.82. The largest absolute Gasteiger partial charge is 0.460 e. The lowest BCUT2D eigenvalue weighted by molar-refractivity contribution is -0.165. The van der Waals surface area contributed by atoms with E-state index in [0.29, 0.717) is 0 Å². The number of aliphatic hydroxyl groups excluding tert-OH is 1. The Morgan fingerprint density at radius 2 is 1.53 bits per heavy atom. The zero-order valence-corrected chi connectivity index (χ0v) is 10.9. The van der Waals surface area contributed by atoms with Crippen molar-refractivity contribution in [1.29, 1.82) is 0 Å². The molecule has 15 heavy (non-hydrogen) atoms. The standard InChI is InChI=1S/C12H24O3/c1-8(9(13)11(2,3)4)10(14)15-12(5,6)7/h8-9,13H,1-7H3/t8-,9+/m0/s1. The molecule has 0 bridgehead atoms. The van der Waals surface area contributed by atoms with Gasteiger partial charge in [0.05, 0.1) is 12.0 Å². The second-order valence-electron chi connectivity index (χ2n) is 6.13. The minimum absolute atomic E-state index is 0.309. The van der Waals surface area contributed by atoms with Gasteiger partial charge in [0.15, 0.2) is 0 Å². The number of ether oxygens (including phenoxy) is 1. The first kappa shape index (κ1) is 14.4. The van der Waals surface area contributed by atoms with E-state index >= 15 is 0 Å². The molecule has 3 heteroatoms. The van der Waals surface area contributed by atoms with Crippen molar-refractivity contribution in [2.75, 3.05) is 0 Å². The summed E-state index contributed by atoms with van der Waals surface area (Å²) in [6, 6.07) is 0. The zero-order valence-electron chi connectivity index (χ0n) is 10.9. The van der Waals surface area contributed by atoms with Crippen LogP contribution in [0.3, 0.4) is 0 Å². The Morgan fingerprint density at radius 3 is 1.80 bits per heavy atom. The van der Waals surface area contributed by atoms with Crippen LogP contribution >= 0.6 is 0 Å². The zero-order chi connectivity index (χ0) is 12.4. The van der Waals surface area contributed by atoms with Crippen molar-refractivity contribution in [3.05, 3.63) is 0 Å². The van der Waals surface area contributed by atoms with Gasteiger partial charge in [0, 0.05) is 0 Å². The van der Waals surface area contributed by atoms with Gasteiger partial charge in [-0.05, 0) is 33.1 Å². The molecule has 0 saturated heterocycles. The average molecular weight is 216 g/mol. The van der Waals surface area contributed by atoms with Crippen molar-refractivity contribution >= 4 is 5.97 Å². The third-order valence-corrected chi connectivity index (χ3v) is 2.14. The van der Waals surface area contributed by atoms with Crippen LogP contribution in [0.4, 0.5) is 0 Å². The fourth-order valence-electron chi connectivity index (χ4n) is 1.27. The number of rotatable bonds is 2. The predicted molar refractivity (Wildman–Crippen MR) is 60.5 cm³/mol. The quantitative estimate of drug-likeness (QED) is 0.721. The molecule has 0 rings (SSSR count). The molecule has 2 atom stereocenters. The molecular weight excluding hydrogens is 192 g/mol. The summed E-state index contributed by atoms with van der Waals surface area (Å²) in [6.07, 6.45) is -0.688. The summed E-state index contributed by atoms with van der Waals surface area (Å²) in [5.41, 5.74) is -0.806. The normalized spacial score (nSPS) is 17.1. The Labute approximate surface area is 92.8 Å². The van der Waals surface area contributed by atoms with E-state index in [1.165, 1.54) is 0 Å². The molecule has 0 saturated carbocycles. The minimum Gasteiger partial charge on any atom is -0.460 e. The van der Waals surface area contributed by atoms with Crippen molar-refractivity contribution < 1.29 is 14.6 Å². The van der Waals surface area contributed by atoms with Crippen LogP contribution in [0.5, 0.6) is 0 Å². The maximum absolute atomic E-state index is 11.7. The number of carbonyl (C=O) groups is 1. The Bertz CT molecular complexity index is 220. The molecule has 0 aliphatic heterocycles. The average Bonchev–Trinajstić information content (AvgIpc) is 1.96. The number of carbonyl (C=O) groups excluding carboxylic acids is 1. The topological polar surface area (TPSA) is 46.5 Å². The molecule has 0 aromatic rings. The van der Waals surface area contributed by atoms with Gasteiger partial charge in [0.25, 0.3) is 0 Å². The molecule has 1 N–H and O–H groups in total. The molecule has 0 spiro atoms. The van der Waals surface area contributed by atoms with Crippen LogP contribution in [-0.4, -0.2) is 22.8 Å². The van der Waals surface area contributed by atoms with Crippen molar-refractivity contribution in [3.8, 4) is 0 Å². The fraction of sp³-hybridized carbons (Fsp3) is 0.917. The van der Waals surface area contributed by atoms with Gasteiger partial charge in [-0.15, -0.1) is 0 Å². The SMILES string of the molecule is C[C@H](C(=O)OC(C)(C)C)[C@@H](O)C(C)(C)C. The van der Waals surface area contributed by atoms with Crippen LogP contribution in [0.15, 0.2) is 0 Å². The van der Waals surface area contributed by atoms with E-state index in [1.54, 1.807) is 6.92 Å². The Kier molecular flexibility index (Phi) is 4.35. The molecule has 0 aromatic heterocycles. The van der Waals surface area contributed by atoms with Crippen LogP contribution < -0.4 is 0 Å². The Morgan fingerprint density at radius 1 is 1.13 bits per heavy atom. The maximum atomic E-state index is 11.7. The predicted octanol–water partition coefficient (Wildman–Crippen LogP) is 2.37. The lowest BCUT2D eigenvalue weighted by Gasteiger charge is -2.31. The molecule has 90 valence electrons. The second-order valence-corrected chi connectivity index (χ2v) is 6.13. The molecule has 0 amide bonds. The van der Waals surface area contributed by atoms with Gasteiger partial charge in [-0.2, -0.15) is 0 Å². The number of hydrogen-bond acceptors (Lipinski definition) is 3. The molecule has 0 heterocycles. The monoisotopic (exact) mass is 216 g/mol. The van der Waals surface area contributed by atoms with E-state index in [9.17, 15) is 9.90 Å². The molecule has 0 aromatic carbocycles. The molecule has 0 radical (unpaired) electrons. The van der Waals surface area contributed by atoms with E-state index in [0.717, 1.165) is 0 Å². The summed E-state index contributed by atoms with van der Waals surface area (Å²) in [7, 11) is 0. The molecular formula is C12H24O3. The van der Waals surface area contributed by atoms with Gasteiger partial charge in [-0.25, -0.2) is 0 Å². The first-order valence-electron chi connectivity index (χ1n) is 5.36. The first-order valence-corrected chi connectivity index (χ1v) is 5.36. The van der Waals surface area contributed by atoms with Gasteiger partial charge in [-0.3, -0.25) is 4.79 Å². The smallest absolute Gasteiger partial charge is 0.311 e. The molecule has 0 fully saturated rings. The maximum Gasteiger partial charge on any atom is 0.311 e. The fourth-order valence-corrected chi connectivity index (χ4v) is 1.27. The van der Waals surface area contributed by atoms with Crippen LogP contribution in [0.2, 0.25) is 0 Å². The van der Waals surface area contributed by atoms with Crippen LogP contribution in [0.25, 0.3) is 0 Å². The van der Waals surface area contributed by atoms with Gasteiger partial charge in [0.2, 0.25) is 0 Å². The molecule has 3 nitrogen and oxygen atoms in total. The number of aliphatic hydroxyl groups is 1. The van der Waals surface area contributed by atoms with Gasteiger partial charge < -0.3 is 9.84 Å². The van der Waals surface area contributed by atoms with Crippen LogP contribution in [-0.2, 0) is 9.53 Å². The molecule has 0 aliphatic carbocycles. The number of hydrogen-bond donors (Lipinski definition) is 1.